The van der Waals surface area contributed by atoms with Crippen LogP contribution in [0.15, 0.2) is 30.0 Å². The van der Waals surface area contributed by atoms with E-state index < -0.39 is 11.6 Å². The van der Waals surface area contributed by atoms with E-state index in [1.165, 1.54) is 18.2 Å². The lowest BCUT2D eigenvalue weighted by atomic mass is 9.93. The van der Waals surface area contributed by atoms with E-state index in [0.29, 0.717) is 6.54 Å². The first-order valence-electron chi connectivity index (χ1n) is 8.17. The van der Waals surface area contributed by atoms with Crippen molar-refractivity contribution in [1.82, 2.24) is 5.32 Å². The SMILES string of the molecule is O=C(COC1=CC(=O)c2c(O)cccc2C1=O)NCCCCCCO. The first-order chi connectivity index (χ1) is 12.0. The summed E-state index contributed by atoms with van der Waals surface area (Å²) >= 11 is 0. The summed E-state index contributed by atoms with van der Waals surface area (Å²) in [6.07, 6.45) is 4.34. The van der Waals surface area contributed by atoms with Gasteiger partial charge in [-0.2, -0.15) is 0 Å². The number of aromatic hydroxyl groups is 1. The minimum atomic E-state index is -0.540. The highest BCUT2D eigenvalue weighted by Gasteiger charge is 2.29. The van der Waals surface area contributed by atoms with Crippen molar-refractivity contribution in [2.24, 2.45) is 0 Å². The van der Waals surface area contributed by atoms with Crippen molar-refractivity contribution >= 4 is 17.5 Å². The van der Waals surface area contributed by atoms with Gasteiger partial charge in [0.2, 0.25) is 5.78 Å². The number of ketones is 2. The van der Waals surface area contributed by atoms with Crippen molar-refractivity contribution < 1.29 is 29.3 Å². The number of phenolic OH excluding ortho intramolecular Hbond substituents is 1. The summed E-state index contributed by atoms with van der Waals surface area (Å²) < 4.78 is 5.18. The monoisotopic (exact) mass is 347 g/mol. The molecule has 0 saturated heterocycles. The molecule has 1 aliphatic carbocycles. The molecule has 0 aromatic heterocycles. The molecule has 134 valence electrons. The van der Waals surface area contributed by atoms with Gasteiger partial charge < -0.3 is 20.3 Å². The molecule has 0 radical (unpaired) electrons. The molecule has 1 aromatic rings. The molecule has 3 N–H and O–H groups in total. The Morgan fingerprint density at radius 2 is 1.88 bits per heavy atom. The van der Waals surface area contributed by atoms with Gasteiger partial charge in [0, 0.05) is 24.8 Å². The van der Waals surface area contributed by atoms with Gasteiger partial charge in [0.15, 0.2) is 18.1 Å². The van der Waals surface area contributed by atoms with Crippen molar-refractivity contribution in [2.75, 3.05) is 19.8 Å². The van der Waals surface area contributed by atoms with Gasteiger partial charge in [0.05, 0.1) is 5.56 Å². The third kappa shape index (κ3) is 4.90. The molecule has 7 nitrogen and oxygen atoms in total. The summed E-state index contributed by atoms with van der Waals surface area (Å²) in [4.78, 5) is 36.0. The number of hydrogen-bond acceptors (Lipinski definition) is 6. The average Bonchev–Trinajstić information content (AvgIpc) is 2.59. The Hall–Kier alpha value is -2.67. The van der Waals surface area contributed by atoms with Crippen LogP contribution in [-0.4, -0.2) is 47.4 Å². The van der Waals surface area contributed by atoms with Crippen molar-refractivity contribution in [3.8, 4) is 5.75 Å². The van der Waals surface area contributed by atoms with Crippen LogP contribution in [0.25, 0.3) is 0 Å². The fourth-order valence-electron chi connectivity index (χ4n) is 2.50. The second-order valence-electron chi connectivity index (χ2n) is 5.68. The molecule has 25 heavy (non-hydrogen) atoms. The number of phenols is 1. The van der Waals surface area contributed by atoms with Crippen LogP contribution >= 0.6 is 0 Å². The summed E-state index contributed by atoms with van der Waals surface area (Å²) in [5, 5.41) is 21.0. The summed E-state index contributed by atoms with van der Waals surface area (Å²) in [5.41, 5.74) is 0.0129. The van der Waals surface area contributed by atoms with Crippen LogP contribution < -0.4 is 5.32 Å². The van der Waals surface area contributed by atoms with Gasteiger partial charge in [-0.05, 0) is 25.0 Å². The number of allylic oxidation sites excluding steroid dienone is 2. The van der Waals surface area contributed by atoms with Gasteiger partial charge in [0.1, 0.15) is 5.75 Å². The fourth-order valence-corrected chi connectivity index (χ4v) is 2.50. The lowest BCUT2D eigenvalue weighted by Crippen LogP contribution is -2.29. The van der Waals surface area contributed by atoms with Gasteiger partial charge in [-0.1, -0.05) is 18.9 Å². The maximum absolute atomic E-state index is 12.3. The summed E-state index contributed by atoms with van der Waals surface area (Å²) in [5.74, 6) is -1.93. The lowest BCUT2D eigenvalue weighted by Gasteiger charge is -2.16. The molecule has 0 unspecified atom stereocenters. The molecule has 1 aromatic carbocycles. The predicted octanol–water partition coefficient (Wildman–Crippen LogP) is 1.34. The van der Waals surface area contributed by atoms with Crippen molar-refractivity contribution in [3.05, 3.63) is 41.2 Å². The lowest BCUT2D eigenvalue weighted by molar-refractivity contribution is -0.124. The van der Waals surface area contributed by atoms with E-state index >= 15 is 0 Å². The molecule has 0 aliphatic heterocycles. The van der Waals surface area contributed by atoms with E-state index in [2.05, 4.69) is 5.32 Å². The molecule has 7 heteroatoms. The van der Waals surface area contributed by atoms with Crippen LogP contribution in [0, 0.1) is 0 Å². The zero-order valence-electron chi connectivity index (χ0n) is 13.8. The van der Waals surface area contributed by atoms with E-state index in [-0.39, 0.29) is 41.8 Å². The first-order valence-corrected chi connectivity index (χ1v) is 8.17. The molecule has 0 spiro atoms. The fraction of sp³-hybridized carbons (Fsp3) is 0.389. The van der Waals surface area contributed by atoms with Crippen LogP contribution in [0.2, 0.25) is 0 Å². The van der Waals surface area contributed by atoms with Crippen LogP contribution in [-0.2, 0) is 9.53 Å². The molecule has 0 bridgehead atoms. The number of carbonyl (C=O) groups excluding carboxylic acids is 3. The van der Waals surface area contributed by atoms with Gasteiger partial charge in [-0.3, -0.25) is 14.4 Å². The second-order valence-corrected chi connectivity index (χ2v) is 5.68. The maximum Gasteiger partial charge on any atom is 0.257 e. The van der Waals surface area contributed by atoms with Crippen LogP contribution in [0.5, 0.6) is 5.75 Å². The first kappa shape index (κ1) is 18.7. The van der Waals surface area contributed by atoms with Crippen LogP contribution in [0.1, 0.15) is 46.4 Å². The number of hydrogen-bond donors (Lipinski definition) is 3. The van der Waals surface area contributed by atoms with E-state index in [0.717, 1.165) is 31.8 Å². The zero-order valence-corrected chi connectivity index (χ0v) is 13.8. The molecule has 1 amide bonds. The highest BCUT2D eigenvalue weighted by atomic mass is 16.5. The van der Waals surface area contributed by atoms with Gasteiger partial charge in [-0.15, -0.1) is 0 Å². The minimum absolute atomic E-state index is 0.0489. The Labute approximate surface area is 145 Å². The largest absolute Gasteiger partial charge is 0.507 e. The van der Waals surface area contributed by atoms with Crippen molar-refractivity contribution in [3.63, 3.8) is 0 Å². The highest BCUT2D eigenvalue weighted by Crippen LogP contribution is 2.28. The number of amides is 1. The van der Waals surface area contributed by atoms with E-state index in [4.69, 9.17) is 9.84 Å². The Kier molecular flexibility index (Phi) is 6.71. The molecule has 1 aliphatic rings. The van der Waals surface area contributed by atoms with E-state index in [9.17, 15) is 19.5 Å². The molecule has 0 atom stereocenters. The maximum atomic E-state index is 12.3. The number of aliphatic hydroxyl groups excluding tert-OH is 1. The molecular formula is C18H21NO6. The zero-order chi connectivity index (χ0) is 18.2. The quantitative estimate of drug-likeness (QED) is 0.581. The number of benzene rings is 1. The molecular weight excluding hydrogens is 326 g/mol. The number of nitrogens with one attached hydrogen (secondary N) is 1. The third-order valence-electron chi connectivity index (χ3n) is 3.79. The van der Waals surface area contributed by atoms with Gasteiger partial charge in [0.25, 0.3) is 5.91 Å². The van der Waals surface area contributed by atoms with E-state index in [1.54, 1.807) is 0 Å². The number of rotatable bonds is 9. The number of fused-ring (bicyclic) bond motifs is 1. The molecule has 0 saturated carbocycles. The van der Waals surface area contributed by atoms with Crippen molar-refractivity contribution in [2.45, 2.75) is 25.7 Å². The Morgan fingerprint density at radius 1 is 1.12 bits per heavy atom. The number of carbonyl (C=O) groups is 3. The number of aliphatic hydroxyl groups is 1. The van der Waals surface area contributed by atoms with Crippen LogP contribution in [0.3, 0.4) is 0 Å². The Balaban J connectivity index is 1.83. The Morgan fingerprint density at radius 3 is 2.64 bits per heavy atom. The standard InChI is InChI=1S/C18H21NO6/c20-9-4-2-1-3-8-19-16(23)11-25-15-10-14(22)17-12(18(15)24)6-5-7-13(17)21/h5-7,10,20-21H,1-4,8-9,11H2,(H,19,23). The van der Waals surface area contributed by atoms with Gasteiger partial charge in [-0.25, -0.2) is 0 Å². The predicted molar refractivity (Wildman–Crippen MR) is 89.4 cm³/mol. The second kappa shape index (κ2) is 8.98. The molecule has 0 fully saturated rings. The number of Topliss-reactive ketones (excluding diaryl/α,β-unsaturated/α-hetero) is 1. The summed E-state index contributed by atoms with van der Waals surface area (Å²) in [6, 6.07) is 4.22. The normalized spacial score (nSPS) is 13.2. The number of unbranched alkanes of at least 4 members (excludes halogenated alkanes) is 3. The van der Waals surface area contributed by atoms with E-state index in [1.807, 2.05) is 0 Å². The van der Waals surface area contributed by atoms with Crippen LogP contribution in [0.4, 0.5) is 0 Å². The average molecular weight is 347 g/mol. The smallest absolute Gasteiger partial charge is 0.257 e. The summed E-state index contributed by atoms with van der Waals surface area (Å²) in [6.45, 7) is 0.287. The molecule has 2 rings (SSSR count). The minimum Gasteiger partial charge on any atom is -0.507 e. The topological polar surface area (TPSA) is 113 Å². The van der Waals surface area contributed by atoms with Crippen molar-refractivity contribution in [1.29, 1.82) is 0 Å². The third-order valence-corrected chi connectivity index (χ3v) is 3.79. The number of ether oxygens (including phenoxy) is 1. The Bertz CT molecular complexity index is 695. The van der Waals surface area contributed by atoms with Gasteiger partial charge >= 0.3 is 0 Å². The summed E-state index contributed by atoms with van der Waals surface area (Å²) in [7, 11) is 0. The molecule has 0 heterocycles. The highest BCUT2D eigenvalue weighted by molar-refractivity contribution is 6.24.